The minimum atomic E-state index is -0.497. The van der Waals surface area contributed by atoms with E-state index in [1.165, 1.54) is 5.06 Å². The Kier molecular flexibility index (Phi) is 3.89. The summed E-state index contributed by atoms with van der Waals surface area (Å²) in [5.41, 5.74) is -0.833. The van der Waals surface area contributed by atoms with Crippen molar-refractivity contribution in [2.75, 3.05) is 13.1 Å². The number of hydroxylamine groups is 2. The molecular weight excluding hydrogens is 216 g/mol. The number of rotatable bonds is 3. The van der Waals surface area contributed by atoms with Gasteiger partial charge < -0.3 is 10.1 Å². The summed E-state index contributed by atoms with van der Waals surface area (Å²) < 4.78 is 0. The van der Waals surface area contributed by atoms with Gasteiger partial charge in [0.2, 0.25) is 5.91 Å². The molecule has 1 atom stereocenters. The molecule has 0 saturated carbocycles. The van der Waals surface area contributed by atoms with Gasteiger partial charge in [0.15, 0.2) is 0 Å². The van der Waals surface area contributed by atoms with E-state index in [4.69, 9.17) is 0 Å². The van der Waals surface area contributed by atoms with Crippen LogP contribution in [0.2, 0.25) is 0 Å². The van der Waals surface area contributed by atoms with Crippen LogP contribution in [0.15, 0.2) is 0 Å². The fourth-order valence-corrected chi connectivity index (χ4v) is 2.91. The van der Waals surface area contributed by atoms with Crippen LogP contribution in [0.1, 0.15) is 48.0 Å². The van der Waals surface area contributed by atoms with E-state index in [1.54, 1.807) is 0 Å². The molecule has 1 unspecified atom stereocenters. The van der Waals surface area contributed by atoms with Crippen LogP contribution in [-0.2, 0) is 4.79 Å². The minimum Gasteiger partial charge on any atom is -0.343 e. The molecule has 1 aliphatic rings. The van der Waals surface area contributed by atoms with Gasteiger partial charge in [-0.3, -0.25) is 4.79 Å². The Morgan fingerprint density at radius 3 is 2.06 bits per heavy atom. The second kappa shape index (κ2) is 4.58. The van der Waals surface area contributed by atoms with Crippen molar-refractivity contribution in [2.45, 2.75) is 59.0 Å². The zero-order chi connectivity index (χ0) is 13.4. The molecule has 1 amide bonds. The molecule has 17 heavy (non-hydrogen) atoms. The maximum Gasteiger partial charge on any atom is 0.227 e. The summed E-state index contributed by atoms with van der Waals surface area (Å²) in [5.74, 6) is 0.0204. The maximum atomic E-state index is 12.4. The van der Waals surface area contributed by atoms with Crippen LogP contribution >= 0.6 is 0 Å². The average Bonchev–Trinajstić information content (AvgIpc) is 2.40. The predicted molar refractivity (Wildman–Crippen MR) is 67.8 cm³/mol. The third-order valence-electron chi connectivity index (χ3n) is 4.05. The molecular formula is C13H26N2O2. The highest BCUT2D eigenvalue weighted by atomic mass is 16.5. The first-order valence-electron chi connectivity index (χ1n) is 6.46. The average molecular weight is 242 g/mol. The van der Waals surface area contributed by atoms with Crippen molar-refractivity contribution in [3.05, 3.63) is 0 Å². The van der Waals surface area contributed by atoms with Gasteiger partial charge in [0.05, 0.1) is 11.5 Å². The van der Waals surface area contributed by atoms with Crippen molar-refractivity contribution >= 4 is 5.91 Å². The lowest BCUT2D eigenvalue weighted by molar-refractivity contribution is -0.198. The molecule has 0 bridgehead atoms. The molecule has 0 radical (unpaired) electrons. The number of carbonyl (C=O) groups is 1. The Balaban J connectivity index is 2.96. The predicted octanol–water partition coefficient (Wildman–Crippen LogP) is 2.12. The van der Waals surface area contributed by atoms with Gasteiger partial charge in [0, 0.05) is 18.6 Å². The fourth-order valence-electron chi connectivity index (χ4n) is 2.91. The molecule has 0 aliphatic carbocycles. The van der Waals surface area contributed by atoms with Crippen LogP contribution < -0.4 is 0 Å². The molecule has 0 aromatic rings. The summed E-state index contributed by atoms with van der Waals surface area (Å²) in [6.07, 6.45) is 0.700. The second-order valence-corrected chi connectivity index (χ2v) is 6.05. The number of hydrogen-bond donors (Lipinski definition) is 1. The maximum absolute atomic E-state index is 12.4. The zero-order valence-electron chi connectivity index (χ0n) is 11.9. The Hall–Kier alpha value is -0.610. The summed E-state index contributed by atoms with van der Waals surface area (Å²) in [5, 5.41) is 11.5. The Morgan fingerprint density at radius 1 is 1.29 bits per heavy atom. The van der Waals surface area contributed by atoms with Crippen LogP contribution in [0, 0.1) is 5.92 Å². The van der Waals surface area contributed by atoms with E-state index in [9.17, 15) is 10.0 Å². The van der Waals surface area contributed by atoms with Crippen molar-refractivity contribution in [2.24, 2.45) is 5.92 Å². The highest BCUT2D eigenvalue weighted by Gasteiger charge is 2.54. The fraction of sp³-hybridized carbons (Fsp3) is 0.923. The first kappa shape index (κ1) is 14.5. The normalized spacial score (nSPS) is 27.1. The molecule has 0 aromatic carbocycles. The minimum absolute atomic E-state index is 0.137. The molecule has 4 heteroatoms. The smallest absolute Gasteiger partial charge is 0.227 e. The van der Waals surface area contributed by atoms with Crippen molar-refractivity contribution in [3.8, 4) is 0 Å². The standard InChI is InChI=1S/C13H26N2O2/c1-7-14(8-2)11(16)10-9-12(3,4)15(17)13(10,5)6/h10,17H,7-9H2,1-6H3. The third-order valence-corrected chi connectivity index (χ3v) is 4.05. The first-order valence-corrected chi connectivity index (χ1v) is 6.46. The molecule has 1 fully saturated rings. The molecule has 1 rings (SSSR count). The quantitative estimate of drug-likeness (QED) is 0.824. The van der Waals surface area contributed by atoms with Gasteiger partial charge in [0.25, 0.3) is 0 Å². The van der Waals surface area contributed by atoms with Gasteiger partial charge >= 0.3 is 0 Å². The monoisotopic (exact) mass is 242 g/mol. The van der Waals surface area contributed by atoms with E-state index in [1.807, 2.05) is 46.4 Å². The largest absolute Gasteiger partial charge is 0.343 e. The highest BCUT2D eigenvalue weighted by Crippen LogP contribution is 2.44. The lowest BCUT2D eigenvalue weighted by atomic mass is 9.86. The van der Waals surface area contributed by atoms with Crippen LogP contribution in [-0.4, -0.2) is 45.2 Å². The van der Waals surface area contributed by atoms with Crippen molar-refractivity contribution < 1.29 is 10.0 Å². The SMILES string of the molecule is CCN(CC)C(=O)C1CC(C)(C)N(O)C1(C)C. The van der Waals surface area contributed by atoms with E-state index in [-0.39, 0.29) is 17.4 Å². The van der Waals surface area contributed by atoms with Crippen molar-refractivity contribution in [1.82, 2.24) is 9.96 Å². The lowest BCUT2D eigenvalue weighted by Crippen LogP contribution is -2.50. The topological polar surface area (TPSA) is 43.8 Å². The summed E-state index contributed by atoms with van der Waals surface area (Å²) in [7, 11) is 0. The number of amides is 1. The van der Waals surface area contributed by atoms with Gasteiger partial charge in [-0.05, 0) is 48.0 Å². The molecule has 0 aromatic heterocycles. The van der Waals surface area contributed by atoms with Crippen LogP contribution in [0.4, 0.5) is 0 Å². The van der Waals surface area contributed by atoms with E-state index in [0.29, 0.717) is 6.42 Å². The molecule has 4 nitrogen and oxygen atoms in total. The van der Waals surface area contributed by atoms with Crippen molar-refractivity contribution in [3.63, 3.8) is 0 Å². The van der Waals surface area contributed by atoms with E-state index >= 15 is 0 Å². The summed E-state index contributed by atoms with van der Waals surface area (Å²) >= 11 is 0. The number of nitrogens with zero attached hydrogens (tertiary/aromatic N) is 2. The Labute approximate surface area is 105 Å². The Morgan fingerprint density at radius 2 is 1.76 bits per heavy atom. The zero-order valence-corrected chi connectivity index (χ0v) is 11.9. The van der Waals surface area contributed by atoms with Crippen LogP contribution in [0.3, 0.4) is 0 Å². The van der Waals surface area contributed by atoms with Gasteiger partial charge in [-0.2, -0.15) is 5.06 Å². The molecule has 1 heterocycles. The third kappa shape index (κ3) is 2.33. The summed E-state index contributed by atoms with van der Waals surface area (Å²) in [6.45, 7) is 13.3. The molecule has 1 saturated heterocycles. The van der Waals surface area contributed by atoms with E-state index < -0.39 is 5.54 Å². The first-order chi connectivity index (χ1) is 7.68. The van der Waals surface area contributed by atoms with Gasteiger partial charge in [-0.15, -0.1) is 0 Å². The lowest BCUT2D eigenvalue weighted by Gasteiger charge is -2.36. The van der Waals surface area contributed by atoms with E-state index in [0.717, 1.165) is 13.1 Å². The highest BCUT2D eigenvalue weighted by molar-refractivity contribution is 5.80. The summed E-state index contributed by atoms with van der Waals surface area (Å²) in [6, 6.07) is 0. The van der Waals surface area contributed by atoms with Crippen LogP contribution in [0.25, 0.3) is 0 Å². The van der Waals surface area contributed by atoms with E-state index in [2.05, 4.69) is 0 Å². The molecule has 100 valence electrons. The number of hydrogen-bond acceptors (Lipinski definition) is 3. The summed E-state index contributed by atoms with van der Waals surface area (Å²) in [4.78, 5) is 14.3. The Bertz CT molecular complexity index is 296. The number of carbonyl (C=O) groups excluding carboxylic acids is 1. The second-order valence-electron chi connectivity index (χ2n) is 6.05. The van der Waals surface area contributed by atoms with Gasteiger partial charge in [-0.25, -0.2) is 0 Å². The van der Waals surface area contributed by atoms with Gasteiger partial charge in [0.1, 0.15) is 0 Å². The molecule has 0 spiro atoms. The van der Waals surface area contributed by atoms with Gasteiger partial charge in [-0.1, -0.05) is 0 Å². The van der Waals surface area contributed by atoms with Crippen LogP contribution in [0.5, 0.6) is 0 Å². The molecule has 1 aliphatic heterocycles. The van der Waals surface area contributed by atoms with Crippen molar-refractivity contribution in [1.29, 1.82) is 0 Å². The molecule has 1 N–H and O–H groups in total.